The number of imide groups is 1. The number of hydrogen-bond acceptors (Lipinski definition) is 2. The first-order valence-electron chi connectivity index (χ1n) is 8.11. The van der Waals surface area contributed by atoms with Crippen molar-refractivity contribution in [3.05, 3.63) is 42.0 Å². The average molecular weight is 333 g/mol. The van der Waals surface area contributed by atoms with Crippen LogP contribution in [0.25, 0.3) is 0 Å². The molecule has 0 radical (unpaired) electrons. The Bertz CT molecular complexity index is 764. The normalized spacial score (nSPS) is 39.2. The van der Waals surface area contributed by atoms with Crippen molar-refractivity contribution in [3.8, 4) is 0 Å². The van der Waals surface area contributed by atoms with E-state index in [2.05, 4.69) is 0 Å². The summed E-state index contributed by atoms with van der Waals surface area (Å²) in [7, 11) is 0. The van der Waals surface area contributed by atoms with Gasteiger partial charge in [-0.05, 0) is 48.3 Å². The van der Waals surface area contributed by atoms with Crippen molar-refractivity contribution in [1.29, 1.82) is 0 Å². The van der Waals surface area contributed by atoms with Crippen LogP contribution in [-0.4, -0.2) is 11.8 Å². The molecule has 6 atom stereocenters. The minimum atomic E-state index is -4.50. The molecule has 2 amide bonds. The molecular weight excluding hydrogens is 319 g/mol. The lowest BCUT2D eigenvalue weighted by Crippen LogP contribution is -2.40. The molecule has 4 aliphatic carbocycles. The third-order valence-electron chi connectivity index (χ3n) is 6.09. The number of allylic oxidation sites excluding steroid dienone is 2. The molecule has 0 N–H and O–H groups in total. The van der Waals surface area contributed by atoms with Gasteiger partial charge in [-0.15, -0.1) is 0 Å². The molecule has 0 aromatic heterocycles. The summed E-state index contributed by atoms with van der Waals surface area (Å²) in [6, 6.07) is 4.48. The van der Waals surface area contributed by atoms with Gasteiger partial charge >= 0.3 is 6.18 Å². The SMILES string of the molecule is O=C1[C@@H]2[C@H]3C=C[C@H]([C@H]4C[C@H]34)[C@@H]2C(=O)N1c1cccc(C(F)(F)F)c1. The van der Waals surface area contributed by atoms with Crippen LogP contribution in [0.3, 0.4) is 0 Å². The van der Waals surface area contributed by atoms with Gasteiger partial charge in [0, 0.05) is 0 Å². The fourth-order valence-electron chi connectivity index (χ4n) is 5.03. The zero-order valence-corrected chi connectivity index (χ0v) is 12.5. The largest absolute Gasteiger partial charge is 0.416 e. The predicted molar refractivity (Wildman–Crippen MR) is 78.6 cm³/mol. The second kappa shape index (κ2) is 4.29. The summed E-state index contributed by atoms with van der Waals surface area (Å²) in [5, 5.41) is 0. The number of rotatable bonds is 1. The Hall–Kier alpha value is -2.11. The monoisotopic (exact) mass is 333 g/mol. The van der Waals surface area contributed by atoms with Crippen LogP contribution >= 0.6 is 0 Å². The van der Waals surface area contributed by atoms with Crippen LogP contribution in [0.5, 0.6) is 0 Å². The van der Waals surface area contributed by atoms with E-state index in [1.807, 2.05) is 12.2 Å². The van der Waals surface area contributed by atoms with Crippen LogP contribution in [0.2, 0.25) is 0 Å². The number of carbonyl (C=O) groups excluding carboxylic acids is 2. The highest BCUT2D eigenvalue weighted by Gasteiger charge is 2.67. The van der Waals surface area contributed by atoms with Crippen molar-refractivity contribution in [1.82, 2.24) is 0 Å². The fourth-order valence-corrected chi connectivity index (χ4v) is 5.03. The summed E-state index contributed by atoms with van der Waals surface area (Å²) in [4.78, 5) is 26.7. The number of benzene rings is 1. The van der Waals surface area contributed by atoms with Crippen molar-refractivity contribution in [3.63, 3.8) is 0 Å². The van der Waals surface area contributed by atoms with E-state index in [4.69, 9.17) is 0 Å². The molecule has 1 heterocycles. The van der Waals surface area contributed by atoms with Crippen LogP contribution in [-0.2, 0) is 15.8 Å². The average Bonchev–Trinajstić information content (AvgIpc) is 3.31. The molecule has 1 saturated heterocycles. The molecule has 6 rings (SSSR count). The Morgan fingerprint density at radius 1 is 0.958 bits per heavy atom. The number of carbonyl (C=O) groups is 2. The molecule has 6 heteroatoms. The Kier molecular flexibility index (Phi) is 2.55. The van der Waals surface area contributed by atoms with E-state index in [-0.39, 0.29) is 29.3 Å². The fraction of sp³-hybridized carbons (Fsp3) is 0.444. The van der Waals surface area contributed by atoms with Crippen LogP contribution in [0.4, 0.5) is 18.9 Å². The van der Waals surface area contributed by atoms with Gasteiger partial charge in [0.1, 0.15) is 0 Å². The van der Waals surface area contributed by atoms with Crippen LogP contribution in [0.15, 0.2) is 36.4 Å². The lowest BCUT2D eigenvalue weighted by atomic mass is 9.63. The predicted octanol–water partition coefficient (Wildman–Crippen LogP) is 3.26. The summed E-state index contributed by atoms with van der Waals surface area (Å²) >= 11 is 0. The second-order valence-electron chi connectivity index (χ2n) is 7.21. The molecule has 0 unspecified atom stereocenters. The molecule has 1 aliphatic heterocycles. The molecule has 124 valence electrons. The number of halogens is 3. The molecule has 5 aliphatic rings. The summed E-state index contributed by atoms with van der Waals surface area (Å²) in [6.45, 7) is 0. The number of nitrogens with zero attached hydrogens (tertiary/aromatic N) is 1. The number of hydrogen-bond donors (Lipinski definition) is 0. The van der Waals surface area contributed by atoms with Crippen LogP contribution in [0, 0.1) is 35.5 Å². The van der Waals surface area contributed by atoms with Gasteiger partial charge in [0.25, 0.3) is 0 Å². The Balaban J connectivity index is 1.55. The van der Waals surface area contributed by atoms with E-state index >= 15 is 0 Å². The highest BCUT2D eigenvalue weighted by atomic mass is 19.4. The topological polar surface area (TPSA) is 37.4 Å². The van der Waals surface area contributed by atoms with E-state index in [1.165, 1.54) is 12.1 Å². The van der Waals surface area contributed by atoms with Gasteiger partial charge < -0.3 is 0 Å². The van der Waals surface area contributed by atoms with E-state index in [0.29, 0.717) is 11.8 Å². The molecule has 24 heavy (non-hydrogen) atoms. The van der Waals surface area contributed by atoms with E-state index < -0.39 is 23.6 Å². The Labute approximate surface area is 136 Å². The zero-order chi connectivity index (χ0) is 16.8. The molecule has 3 fully saturated rings. The first-order chi connectivity index (χ1) is 11.4. The Morgan fingerprint density at radius 3 is 2.08 bits per heavy atom. The first kappa shape index (κ1) is 14.3. The summed E-state index contributed by atoms with van der Waals surface area (Å²) < 4.78 is 38.8. The molecule has 3 nitrogen and oxygen atoms in total. The van der Waals surface area contributed by atoms with E-state index in [1.54, 1.807) is 0 Å². The van der Waals surface area contributed by atoms with Gasteiger partial charge in [-0.25, -0.2) is 0 Å². The van der Waals surface area contributed by atoms with Gasteiger partial charge in [0.05, 0.1) is 23.1 Å². The molecule has 2 saturated carbocycles. The molecule has 0 spiro atoms. The van der Waals surface area contributed by atoms with Gasteiger partial charge in [-0.3, -0.25) is 14.5 Å². The van der Waals surface area contributed by atoms with Crippen LogP contribution in [0.1, 0.15) is 12.0 Å². The minimum Gasteiger partial charge on any atom is -0.274 e. The zero-order valence-electron chi connectivity index (χ0n) is 12.5. The summed E-state index contributed by atoms with van der Waals surface area (Å²) in [5.41, 5.74) is -0.818. The maximum atomic E-state index is 12.9. The van der Waals surface area contributed by atoms with Gasteiger partial charge in [-0.2, -0.15) is 13.2 Å². The smallest absolute Gasteiger partial charge is 0.274 e. The standard InChI is InChI=1S/C18H14F3NO2/c19-18(20,21)8-2-1-3-9(6-8)22-16(23)14-10-4-5-11(13-7-12(10)13)15(14)17(22)24/h1-6,10-15H,7H2/t10-,11+,12-,13-,14+,15-/m1/s1. The van der Waals surface area contributed by atoms with Gasteiger partial charge in [0.15, 0.2) is 0 Å². The summed E-state index contributed by atoms with van der Waals surface area (Å²) in [6.07, 6.45) is 0.637. The lowest BCUT2D eigenvalue weighted by Gasteiger charge is -2.37. The van der Waals surface area contributed by atoms with Crippen molar-refractivity contribution in [2.24, 2.45) is 35.5 Å². The van der Waals surface area contributed by atoms with Crippen molar-refractivity contribution < 1.29 is 22.8 Å². The van der Waals surface area contributed by atoms with E-state index in [9.17, 15) is 22.8 Å². The summed E-state index contributed by atoms with van der Waals surface area (Å²) in [5.74, 6) is -0.395. The number of anilines is 1. The molecule has 1 aromatic carbocycles. The third-order valence-corrected chi connectivity index (χ3v) is 6.09. The maximum Gasteiger partial charge on any atom is 0.416 e. The minimum absolute atomic E-state index is 0.0299. The highest BCUT2D eigenvalue weighted by Crippen LogP contribution is 2.65. The van der Waals surface area contributed by atoms with Gasteiger partial charge in [-0.1, -0.05) is 18.2 Å². The molecular formula is C18H14F3NO2. The van der Waals surface area contributed by atoms with Crippen LogP contribution < -0.4 is 4.90 Å². The van der Waals surface area contributed by atoms with Crippen molar-refractivity contribution >= 4 is 17.5 Å². The van der Waals surface area contributed by atoms with Gasteiger partial charge in [0.2, 0.25) is 11.8 Å². The Morgan fingerprint density at radius 2 is 1.54 bits per heavy atom. The van der Waals surface area contributed by atoms with Crippen molar-refractivity contribution in [2.45, 2.75) is 12.6 Å². The third kappa shape index (κ3) is 1.69. The first-order valence-corrected chi connectivity index (χ1v) is 8.11. The number of amides is 2. The lowest BCUT2D eigenvalue weighted by molar-refractivity contribution is -0.137. The molecule has 1 aromatic rings. The second-order valence-corrected chi connectivity index (χ2v) is 7.21. The maximum absolute atomic E-state index is 12.9. The van der Waals surface area contributed by atoms with E-state index in [0.717, 1.165) is 23.5 Å². The molecule has 2 bridgehead atoms. The van der Waals surface area contributed by atoms with Crippen molar-refractivity contribution in [2.75, 3.05) is 4.90 Å². The highest BCUT2D eigenvalue weighted by molar-refractivity contribution is 6.22. The quantitative estimate of drug-likeness (QED) is 0.584. The number of alkyl halides is 3.